The molecule has 6 nitrogen and oxygen atoms in total. The number of aromatic amines is 1. The second-order valence-corrected chi connectivity index (χ2v) is 9.46. The van der Waals surface area contributed by atoms with Gasteiger partial charge in [0, 0.05) is 47.7 Å². The van der Waals surface area contributed by atoms with E-state index in [2.05, 4.69) is 10.3 Å². The van der Waals surface area contributed by atoms with E-state index in [0.29, 0.717) is 23.4 Å². The first-order valence-corrected chi connectivity index (χ1v) is 11.0. The van der Waals surface area contributed by atoms with Crippen molar-refractivity contribution in [1.29, 1.82) is 0 Å². The molecule has 1 aromatic heterocycles. The molecule has 8 heteroatoms. The van der Waals surface area contributed by atoms with Gasteiger partial charge in [0.15, 0.2) is 0 Å². The molecule has 1 amide bonds. The summed E-state index contributed by atoms with van der Waals surface area (Å²) >= 11 is 0. The normalized spacial score (nSPS) is 23.9. The Morgan fingerprint density at radius 3 is 2.79 bits per heavy atom. The van der Waals surface area contributed by atoms with Crippen molar-refractivity contribution < 1.29 is 17.6 Å². The van der Waals surface area contributed by atoms with Gasteiger partial charge in [-0.15, -0.1) is 0 Å². The number of hydrogen-bond donors (Lipinski definition) is 2. The third-order valence-electron chi connectivity index (χ3n) is 5.93. The molecule has 0 aliphatic carbocycles. The fourth-order valence-corrected chi connectivity index (χ4v) is 6.67. The Kier molecular flexibility index (Phi) is 4.04. The number of amides is 1. The van der Waals surface area contributed by atoms with Gasteiger partial charge in [-0.3, -0.25) is 4.79 Å². The summed E-state index contributed by atoms with van der Waals surface area (Å²) in [6, 6.07) is 9.20. The minimum Gasteiger partial charge on any atom is -0.360 e. The van der Waals surface area contributed by atoms with Gasteiger partial charge < -0.3 is 10.3 Å². The lowest BCUT2D eigenvalue weighted by molar-refractivity contribution is -0.123. The SMILES string of the molecule is CC1c2cc(-c3c[nH]c4cc(F)ccc34)ccc2S(=O)(=O)N1C1CCNC(=O)C1. The van der Waals surface area contributed by atoms with E-state index in [1.807, 2.05) is 19.2 Å². The third-order valence-corrected chi connectivity index (χ3v) is 8.03. The Labute approximate surface area is 167 Å². The van der Waals surface area contributed by atoms with Gasteiger partial charge in [0.1, 0.15) is 5.82 Å². The van der Waals surface area contributed by atoms with E-state index in [0.717, 1.165) is 22.1 Å². The van der Waals surface area contributed by atoms with Crippen LogP contribution >= 0.6 is 0 Å². The van der Waals surface area contributed by atoms with E-state index in [1.165, 1.54) is 16.4 Å². The number of benzene rings is 2. The Balaban J connectivity index is 1.58. The van der Waals surface area contributed by atoms with E-state index >= 15 is 0 Å². The number of carbonyl (C=O) groups excluding carboxylic acids is 1. The second-order valence-electron chi connectivity index (χ2n) is 7.65. The van der Waals surface area contributed by atoms with Crippen molar-refractivity contribution in [3.05, 3.63) is 54.0 Å². The standard InChI is InChI=1S/C21H20FN3O3S/c1-12-17-8-13(18-11-24-19-9-14(22)3-4-16(18)19)2-5-20(17)29(27,28)25(12)15-6-7-23-21(26)10-15/h2-5,8-9,11-12,15,24H,6-7,10H2,1H3,(H,23,26). The maximum atomic E-state index is 13.5. The van der Waals surface area contributed by atoms with Gasteiger partial charge in [-0.25, -0.2) is 12.8 Å². The Morgan fingerprint density at radius 2 is 2.00 bits per heavy atom. The molecule has 1 saturated heterocycles. The lowest BCUT2D eigenvalue weighted by atomic mass is 9.98. The molecule has 2 aromatic carbocycles. The Morgan fingerprint density at radius 1 is 1.17 bits per heavy atom. The van der Waals surface area contributed by atoms with Crippen LogP contribution in [0, 0.1) is 5.82 Å². The predicted octanol–water partition coefficient (Wildman–Crippen LogP) is 3.32. The van der Waals surface area contributed by atoms with Crippen LogP contribution < -0.4 is 5.32 Å². The molecule has 150 valence electrons. The van der Waals surface area contributed by atoms with Gasteiger partial charge in [-0.05, 0) is 54.8 Å². The number of carbonyl (C=O) groups is 1. The summed E-state index contributed by atoms with van der Waals surface area (Å²) in [6.45, 7) is 2.35. The largest absolute Gasteiger partial charge is 0.360 e. The maximum Gasteiger partial charge on any atom is 0.244 e. The van der Waals surface area contributed by atoms with Crippen molar-refractivity contribution >= 4 is 26.8 Å². The molecule has 2 atom stereocenters. The third kappa shape index (κ3) is 2.78. The summed E-state index contributed by atoms with van der Waals surface area (Å²) < 4.78 is 41.4. The van der Waals surface area contributed by atoms with Gasteiger partial charge in [-0.1, -0.05) is 6.07 Å². The van der Waals surface area contributed by atoms with Crippen LogP contribution in [-0.2, 0) is 14.8 Å². The first-order valence-electron chi connectivity index (χ1n) is 9.57. The smallest absolute Gasteiger partial charge is 0.244 e. The highest BCUT2D eigenvalue weighted by Gasteiger charge is 2.45. The van der Waals surface area contributed by atoms with Crippen molar-refractivity contribution in [3.63, 3.8) is 0 Å². The summed E-state index contributed by atoms with van der Waals surface area (Å²) in [6.07, 6.45) is 2.59. The number of nitrogens with zero attached hydrogens (tertiary/aromatic N) is 1. The van der Waals surface area contributed by atoms with Gasteiger partial charge in [0.05, 0.1) is 4.90 Å². The Hall–Kier alpha value is -2.71. The number of halogens is 1. The number of nitrogens with one attached hydrogen (secondary N) is 2. The molecule has 29 heavy (non-hydrogen) atoms. The average Bonchev–Trinajstić information content (AvgIpc) is 3.18. The van der Waals surface area contributed by atoms with Crippen molar-refractivity contribution in [1.82, 2.24) is 14.6 Å². The molecule has 2 aliphatic heterocycles. The van der Waals surface area contributed by atoms with Crippen LogP contribution in [0.4, 0.5) is 4.39 Å². The zero-order valence-electron chi connectivity index (χ0n) is 15.8. The van der Waals surface area contributed by atoms with Crippen LogP contribution in [0.15, 0.2) is 47.5 Å². The van der Waals surface area contributed by atoms with E-state index in [-0.39, 0.29) is 30.2 Å². The van der Waals surface area contributed by atoms with E-state index < -0.39 is 10.0 Å². The lowest BCUT2D eigenvalue weighted by Crippen LogP contribution is -2.46. The van der Waals surface area contributed by atoms with Crippen LogP contribution in [0.25, 0.3) is 22.0 Å². The fourth-order valence-electron chi connectivity index (χ4n) is 4.57. The zero-order chi connectivity index (χ0) is 20.3. The summed E-state index contributed by atoms with van der Waals surface area (Å²) in [5.74, 6) is -0.432. The monoisotopic (exact) mass is 413 g/mol. The maximum absolute atomic E-state index is 13.5. The van der Waals surface area contributed by atoms with Crippen molar-refractivity contribution in [3.8, 4) is 11.1 Å². The zero-order valence-corrected chi connectivity index (χ0v) is 16.6. The van der Waals surface area contributed by atoms with Crippen molar-refractivity contribution in [2.45, 2.75) is 36.7 Å². The molecule has 5 rings (SSSR count). The number of sulfonamides is 1. The molecule has 0 bridgehead atoms. The predicted molar refractivity (Wildman–Crippen MR) is 107 cm³/mol. The number of aromatic nitrogens is 1. The summed E-state index contributed by atoms with van der Waals surface area (Å²) in [4.78, 5) is 15.2. The van der Waals surface area contributed by atoms with Crippen LogP contribution in [0.1, 0.15) is 31.4 Å². The molecule has 2 unspecified atom stereocenters. The molecule has 0 radical (unpaired) electrons. The molecule has 3 aromatic rings. The molecule has 0 saturated carbocycles. The molecule has 0 spiro atoms. The average molecular weight is 413 g/mol. The molecule has 2 N–H and O–H groups in total. The first-order chi connectivity index (χ1) is 13.9. The van der Waals surface area contributed by atoms with Crippen LogP contribution in [0.3, 0.4) is 0 Å². The van der Waals surface area contributed by atoms with Crippen molar-refractivity contribution in [2.75, 3.05) is 6.54 Å². The van der Waals surface area contributed by atoms with Crippen LogP contribution in [0.2, 0.25) is 0 Å². The highest BCUT2D eigenvalue weighted by atomic mass is 32.2. The molecule has 2 aliphatic rings. The van der Waals surface area contributed by atoms with E-state index in [4.69, 9.17) is 0 Å². The number of hydrogen-bond acceptors (Lipinski definition) is 3. The first kappa shape index (κ1) is 18.3. The topological polar surface area (TPSA) is 82.3 Å². The molecular formula is C21H20FN3O3S. The molecular weight excluding hydrogens is 393 g/mol. The fraction of sp³-hybridized carbons (Fsp3) is 0.286. The summed E-state index contributed by atoms with van der Waals surface area (Å²) in [7, 11) is -3.66. The highest BCUT2D eigenvalue weighted by Crippen LogP contribution is 2.44. The molecule has 1 fully saturated rings. The number of H-pyrrole nitrogens is 1. The highest BCUT2D eigenvalue weighted by molar-refractivity contribution is 7.89. The molecule has 3 heterocycles. The van der Waals surface area contributed by atoms with Gasteiger partial charge >= 0.3 is 0 Å². The lowest BCUT2D eigenvalue weighted by Gasteiger charge is -2.32. The Bertz CT molecular complexity index is 1250. The second kappa shape index (κ2) is 6.40. The number of piperidine rings is 1. The van der Waals surface area contributed by atoms with Gasteiger partial charge in [-0.2, -0.15) is 4.31 Å². The van der Waals surface area contributed by atoms with Gasteiger partial charge in [0.25, 0.3) is 0 Å². The van der Waals surface area contributed by atoms with Crippen LogP contribution in [0.5, 0.6) is 0 Å². The minimum atomic E-state index is -3.66. The summed E-state index contributed by atoms with van der Waals surface area (Å²) in [5, 5.41) is 3.63. The summed E-state index contributed by atoms with van der Waals surface area (Å²) in [5.41, 5.74) is 3.18. The van der Waals surface area contributed by atoms with Crippen LogP contribution in [-0.4, -0.2) is 36.2 Å². The quantitative estimate of drug-likeness (QED) is 0.676. The van der Waals surface area contributed by atoms with Gasteiger partial charge in [0.2, 0.25) is 15.9 Å². The number of fused-ring (bicyclic) bond motifs is 2. The van der Waals surface area contributed by atoms with Crippen molar-refractivity contribution in [2.24, 2.45) is 0 Å². The van der Waals surface area contributed by atoms with E-state index in [1.54, 1.807) is 18.2 Å². The number of rotatable bonds is 2. The minimum absolute atomic E-state index is 0.119. The van der Waals surface area contributed by atoms with E-state index in [9.17, 15) is 17.6 Å².